The van der Waals surface area contributed by atoms with Crippen molar-refractivity contribution < 1.29 is 17.9 Å². The number of nitrogens with zero attached hydrogens (tertiary/aromatic N) is 1. The molecule has 0 radical (unpaired) electrons. The Morgan fingerprint density at radius 2 is 2.24 bits per heavy atom. The lowest BCUT2D eigenvalue weighted by molar-refractivity contribution is -0.135. The molecule has 1 aliphatic heterocycles. The van der Waals surface area contributed by atoms with Crippen LogP contribution in [0.4, 0.5) is 0 Å². The maximum absolute atomic E-state index is 12.3. The Hall–Kier alpha value is -0.990. The number of hydrogen-bond acceptors (Lipinski definition) is 6. The zero-order valence-corrected chi connectivity index (χ0v) is 14.0. The highest BCUT2D eigenvalue weighted by Crippen LogP contribution is 2.27. The summed E-state index contributed by atoms with van der Waals surface area (Å²) in [5, 5.41) is 0.642. The zero-order valence-electron chi connectivity index (χ0n) is 12.3. The van der Waals surface area contributed by atoms with Crippen LogP contribution in [-0.2, 0) is 19.6 Å². The Labute approximate surface area is 129 Å². The van der Waals surface area contributed by atoms with Crippen LogP contribution in [0.15, 0.2) is 10.4 Å². The molecule has 2 rings (SSSR count). The molecule has 0 aromatic carbocycles. The van der Waals surface area contributed by atoms with Gasteiger partial charge in [-0.1, -0.05) is 13.8 Å². The van der Waals surface area contributed by atoms with E-state index in [4.69, 9.17) is 4.74 Å². The fraction of sp³-hybridized carbons (Fsp3) is 0.692. The fourth-order valence-corrected chi connectivity index (χ4v) is 4.60. The van der Waals surface area contributed by atoms with E-state index in [0.29, 0.717) is 18.0 Å². The number of nitrogens with one attached hydrogen (secondary N) is 1. The summed E-state index contributed by atoms with van der Waals surface area (Å²) in [7, 11) is -3.84. The number of amides is 1. The number of carbonyl (C=O) groups excluding carboxylic acids is 1. The second kappa shape index (κ2) is 6.41. The quantitative estimate of drug-likeness (QED) is 0.907. The Morgan fingerprint density at radius 1 is 1.52 bits per heavy atom. The molecule has 2 heterocycles. The molecule has 1 amide bonds. The number of sulfonamides is 1. The molecule has 0 unspecified atom stereocenters. The van der Waals surface area contributed by atoms with Crippen LogP contribution >= 0.6 is 11.3 Å². The van der Waals surface area contributed by atoms with Crippen LogP contribution in [0.1, 0.15) is 31.7 Å². The molecule has 118 valence electrons. The Balaban J connectivity index is 2.13. The van der Waals surface area contributed by atoms with E-state index in [0.717, 1.165) is 17.8 Å². The first-order chi connectivity index (χ1) is 9.81. The van der Waals surface area contributed by atoms with Gasteiger partial charge in [0.05, 0.1) is 23.2 Å². The van der Waals surface area contributed by atoms with Crippen molar-refractivity contribution in [1.29, 1.82) is 0 Å². The molecule has 1 aliphatic rings. The van der Waals surface area contributed by atoms with Crippen LogP contribution in [0, 0.1) is 18.8 Å². The van der Waals surface area contributed by atoms with Crippen molar-refractivity contribution >= 4 is 27.3 Å². The van der Waals surface area contributed by atoms with Crippen LogP contribution in [-0.4, -0.2) is 32.0 Å². The number of aryl methyl sites for hydroxylation is 1. The van der Waals surface area contributed by atoms with Gasteiger partial charge in [-0.2, -0.15) is 0 Å². The summed E-state index contributed by atoms with van der Waals surface area (Å²) in [5.74, 6) is -0.753. The number of thiazole rings is 1. The molecule has 0 spiro atoms. The fourth-order valence-electron chi connectivity index (χ4n) is 2.46. The van der Waals surface area contributed by atoms with Crippen molar-refractivity contribution in [2.24, 2.45) is 11.8 Å². The van der Waals surface area contributed by atoms with Crippen molar-refractivity contribution in [2.45, 2.75) is 43.9 Å². The standard InChI is InChI=1S/C13H20N2O4S2/c1-8(2)12-10(5-4-6-19-12)13(16)15-21(17,18)11-7-14-9(3)20-11/h7-8,10,12H,4-6H2,1-3H3,(H,15,16)/t10-,12-/m0/s1. The predicted octanol–water partition coefficient (Wildman–Crippen LogP) is 1.71. The minimum absolute atomic E-state index is 0.0613. The molecule has 6 nitrogen and oxygen atoms in total. The first kappa shape index (κ1) is 16.4. The second-order valence-corrected chi connectivity index (χ2v) is 8.64. The van der Waals surface area contributed by atoms with Crippen LogP contribution in [0.25, 0.3) is 0 Å². The van der Waals surface area contributed by atoms with Gasteiger partial charge in [-0.25, -0.2) is 18.1 Å². The summed E-state index contributed by atoms with van der Waals surface area (Å²) in [6.07, 6.45) is 2.44. The van der Waals surface area contributed by atoms with Crippen LogP contribution in [0.5, 0.6) is 0 Å². The van der Waals surface area contributed by atoms with E-state index in [9.17, 15) is 13.2 Å². The molecule has 1 N–H and O–H groups in total. The number of aromatic nitrogens is 1. The van der Waals surface area contributed by atoms with Crippen molar-refractivity contribution in [3.8, 4) is 0 Å². The van der Waals surface area contributed by atoms with Gasteiger partial charge < -0.3 is 4.74 Å². The molecule has 1 fully saturated rings. The highest BCUT2D eigenvalue weighted by atomic mass is 32.2. The van der Waals surface area contributed by atoms with Gasteiger partial charge >= 0.3 is 0 Å². The van der Waals surface area contributed by atoms with E-state index in [-0.39, 0.29) is 16.2 Å². The second-order valence-electron chi connectivity index (χ2n) is 5.50. The molecular weight excluding hydrogens is 312 g/mol. The minimum Gasteiger partial charge on any atom is -0.377 e. The summed E-state index contributed by atoms with van der Waals surface area (Å²) < 4.78 is 32.2. The molecule has 1 saturated heterocycles. The van der Waals surface area contributed by atoms with E-state index in [2.05, 4.69) is 9.71 Å². The average Bonchev–Trinajstić information content (AvgIpc) is 2.85. The van der Waals surface area contributed by atoms with Gasteiger partial charge in [0, 0.05) is 6.61 Å². The largest absolute Gasteiger partial charge is 0.377 e. The summed E-state index contributed by atoms with van der Waals surface area (Å²) in [5.41, 5.74) is 0. The lowest BCUT2D eigenvalue weighted by Gasteiger charge is -2.33. The summed E-state index contributed by atoms with van der Waals surface area (Å²) in [4.78, 5) is 16.2. The normalized spacial score (nSPS) is 23.2. The van der Waals surface area contributed by atoms with Gasteiger partial charge in [-0.3, -0.25) is 4.79 Å². The monoisotopic (exact) mass is 332 g/mol. The summed E-state index contributed by atoms with van der Waals surface area (Å²) in [6, 6.07) is 0. The molecule has 1 aromatic heterocycles. The molecule has 8 heteroatoms. The van der Waals surface area contributed by atoms with E-state index >= 15 is 0 Å². The summed E-state index contributed by atoms with van der Waals surface area (Å²) in [6.45, 7) is 6.28. The van der Waals surface area contributed by atoms with Crippen LogP contribution in [0.3, 0.4) is 0 Å². The highest BCUT2D eigenvalue weighted by Gasteiger charge is 2.36. The van der Waals surface area contributed by atoms with Crippen molar-refractivity contribution in [3.63, 3.8) is 0 Å². The van der Waals surface area contributed by atoms with Gasteiger partial charge in [-0.15, -0.1) is 11.3 Å². The van der Waals surface area contributed by atoms with Gasteiger partial charge in [0.2, 0.25) is 5.91 Å². The predicted molar refractivity (Wildman–Crippen MR) is 79.5 cm³/mol. The third kappa shape index (κ3) is 3.81. The number of ether oxygens (including phenoxy) is 1. The van der Waals surface area contributed by atoms with E-state index in [1.165, 1.54) is 6.20 Å². The Morgan fingerprint density at radius 3 is 2.81 bits per heavy atom. The first-order valence-corrected chi connectivity index (χ1v) is 9.22. The number of carbonyl (C=O) groups is 1. The first-order valence-electron chi connectivity index (χ1n) is 6.92. The zero-order chi connectivity index (χ0) is 15.6. The Bertz CT molecular complexity index is 609. The van der Waals surface area contributed by atoms with Gasteiger partial charge in [0.15, 0.2) is 4.21 Å². The summed E-state index contributed by atoms with van der Waals surface area (Å²) >= 11 is 1.05. The molecule has 21 heavy (non-hydrogen) atoms. The third-order valence-electron chi connectivity index (χ3n) is 3.46. The number of rotatable bonds is 4. The van der Waals surface area contributed by atoms with Gasteiger partial charge in [-0.05, 0) is 25.7 Å². The van der Waals surface area contributed by atoms with Crippen molar-refractivity contribution in [2.75, 3.05) is 6.61 Å². The highest BCUT2D eigenvalue weighted by molar-refractivity contribution is 7.92. The number of hydrogen-bond donors (Lipinski definition) is 1. The van der Waals surface area contributed by atoms with Gasteiger partial charge in [0.1, 0.15) is 0 Å². The average molecular weight is 332 g/mol. The third-order valence-corrected chi connectivity index (χ3v) is 6.18. The van der Waals surface area contributed by atoms with Crippen LogP contribution in [0.2, 0.25) is 0 Å². The molecule has 0 bridgehead atoms. The van der Waals surface area contributed by atoms with Crippen molar-refractivity contribution in [1.82, 2.24) is 9.71 Å². The van der Waals surface area contributed by atoms with E-state index in [1.54, 1.807) is 6.92 Å². The molecule has 0 saturated carbocycles. The maximum atomic E-state index is 12.3. The van der Waals surface area contributed by atoms with E-state index in [1.807, 2.05) is 13.8 Å². The van der Waals surface area contributed by atoms with Gasteiger partial charge in [0.25, 0.3) is 10.0 Å². The lowest BCUT2D eigenvalue weighted by atomic mass is 9.87. The molecule has 2 atom stereocenters. The smallest absolute Gasteiger partial charge is 0.275 e. The SMILES string of the molecule is Cc1ncc(S(=O)(=O)NC(=O)[C@H]2CCCO[C@H]2C(C)C)s1. The Kier molecular flexibility index (Phi) is 5.00. The van der Waals surface area contributed by atoms with E-state index < -0.39 is 21.8 Å². The molecule has 1 aromatic rings. The minimum atomic E-state index is -3.84. The van der Waals surface area contributed by atoms with Crippen molar-refractivity contribution in [3.05, 3.63) is 11.2 Å². The maximum Gasteiger partial charge on any atom is 0.275 e. The lowest BCUT2D eigenvalue weighted by Crippen LogP contribution is -2.45. The molecule has 0 aliphatic carbocycles. The topological polar surface area (TPSA) is 85.4 Å². The van der Waals surface area contributed by atoms with Crippen LogP contribution < -0.4 is 4.72 Å². The molecular formula is C13H20N2O4S2.